The number of carbonyl (C=O) groups is 1. The van der Waals surface area contributed by atoms with Gasteiger partial charge in [0.05, 0.1) is 18.7 Å². The molecule has 2 unspecified atom stereocenters. The normalized spacial score (nSPS) is 19.8. The minimum absolute atomic E-state index is 0.0499. The molecule has 5 heteroatoms. The maximum absolute atomic E-state index is 14.3. The number of unbranched alkanes of at least 4 members (excludes halogenated alkanes) is 2. The van der Waals surface area contributed by atoms with Gasteiger partial charge < -0.3 is 9.84 Å². The minimum Gasteiger partial charge on any atom is -0.351 e. The van der Waals surface area contributed by atoms with Crippen molar-refractivity contribution < 1.29 is 14.6 Å². The number of nitrogens with zero attached hydrogens (tertiary/aromatic N) is 2. The Labute approximate surface area is 223 Å². The summed E-state index contributed by atoms with van der Waals surface area (Å²) in [5.41, 5.74) is 2.04. The van der Waals surface area contributed by atoms with Crippen LogP contribution in [0.3, 0.4) is 0 Å². The van der Waals surface area contributed by atoms with Gasteiger partial charge in [0, 0.05) is 12.3 Å². The second-order valence-corrected chi connectivity index (χ2v) is 10.6. The van der Waals surface area contributed by atoms with Gasteiger partial charge >= 0.3 is 0 Å². The predicted octanol–water partition coefficient (Wildman–Crippen LogP) is 6.65. The van der Waals surface area contributed by atoms with Crippen molar-refractivity contribution in [1.29, 1.82) is 5.26 Å². The number of ether oxygens (including phenoxy) is 1. The molecule has 200 valence electrons. The van der Waals surface area contributed by atoms with E-state index >= 15 is 0 Å². The van der Waals surface area contributed by atoms with Gasteiger partial charge in [-0.2, -0.15) is 5.26 Å². The van der Waals surface area contributed by atoms with E-state index in [1.807, 2.05) is 36.4 Å². The smallest absolute Gasteiger partial charge is 0.240 e. The largest absolute Gasteiger partial charge is 0.351 e. The number of aryl methyl sites for hydroxylation is 1. The van der Waals surface area contributed by atoms with Gasteiger partial charge in [-0.25, -0.2) is 0 Å². The number of amides is 1. The van der Waals surface area contributed by atoms with Gasteiger partial charge in [0.2, 0.25) is 12.3 Å². The molecule has 1 aliphatic heterocycles. The Bertz CT molecular complexity index is 975. The van der Waals surface area contributed by atoms with Gasteiger partial charge in [-0.05, 0) is 55.1 Å². The summed E-state index contributed by atoms with van der Waals surface area (Å²) in [7, 11) is 0. The first-order chi connectivity index (χ1) is 18.0. The van der Waals surface area contributed by atoms with Gasteiger partial charge in [0.15, 0.2) is 0 Å². The van der Waals surface area contributed by atoms with Crippen molar-refractivity contribution in [2.45, 2.75) is 96.9 Å². The molecule has 1 fully saturated rings. The lowest BCUT2D eigenvalue weighted by molar-refractivity contribution is -0.173. The van der Waals surface area contributed by atoms with Crippen molar-refractivity contribution in [1.82, 2.24) is 4.90 Å². The van der Waals surface area contributed by atoms with E-state index in [1.54, 1.807) is 4.90 Å². The number of aliphatic hydroxyl groups excluding tert-OH is 1. The zero-order valence-electron chi connectivity index (χ0n) is 22.6. The molecule has 37 heavy (non-hydrogen) atoms. The molecule has 5 nitrogen and oxygen atoms in total. The van der Waals surface area contributed by atoms with E-state index in [0.717, 1.165) is 63.4 Å². The van der Waals surface area contributed by atoms with Gasteiger partial charge in [0.1, 0.15) is 0 Å². The summed E-state index contributed by atoms with van der Waals surface area (Å²) in [6.45, 7) is 4.60. The number of rotatable bonds is 15. The average molecular weight is 505 g/mol. The Morgan fingerprint density at radius 2 is 1.70 bits per heavy atom. The summed E-state index contributed by atoms with van der Waals surface area (Å²) in [6, 6.07) is 22.8. The number of nitriles is 1. The van der Waals surface area contributed by atoms with Gasteiger partial charge in [-0.3, -0.25) is 9.69 Å². The van der Waals surface area contributed by atoms with Crippen LogP contribution in [-0.4, -0.2) is 35.0 Å². The van der Waals surface area contributed by atoms with E-state index in [2.05, 4.69) is 44.2 Å². The summed E-state index contributed by atoms with van der Waals surface area (Å²) < 4.78 is 5.60. The molecule has 0 radical (unpaired) electrons. The lowest BCUT2D eigenvalue weighted by Gasteiger charge is -2.42. The fraction of sp³-hybridized carbons (Fsp3) is 0.562. The number of benzene rings is 2. The second-order valence-electron chi connectivity index (χ2n) is 10.6. The summed E-state index contributed by atoms with van der Waals surface area (Å²) in [4.78, 5) is 15.9. The van der Waals surface area contributed by atoms with E-state index in [9.17, 15) is 15.2 Å². The molecule has 0 spiro atoms. The van der Waals surface area contributed by atoms with Crippen LogP contribution in [0.2, 0.25) is 0 Å². The van der Waals surface area contributed by atoms with Crippen molar-refractivity contribution in [3.63, 3.8) is 0 Å². The average Bonchev–Trinajstić information content (AvgIpc) is 3.27. The summed E-state index contributed by atoms with van der Waals surface area (Å²) in [5.74, 6) is -0.357. The quantitative estimate of drug-likeness (QED) is 0.276. The van der Waals surface area contributed by atoms with E-state index < -0.39 is 11.8 Å². The molecule has 3 rings (SSSR count). The SMILES string of the molecule is CCCC[C@H](C(=O)N1C(O)OC[C@H]1Cc1ccccc1)C(CC#N)(CCC)CCCCc1ccccc1. The molecule has 0 aromatic heterocycles. The number of carbonyl (C=O) groups excluding carboxylic acids is 1. The highest BCUT2D eigenvalue weighted by Crippen LogP contribution is 2.46. The van der Waals surface area contributed by atoms with E-state index in [1.165, 1.54) is 5.56 Å². The zero-order valence-corrected chi connectivity index (χ0v) is 22.6. The molecule has 0 aliphatic carbocycles. The Morgan fingerprint density at radius 1 is 1.03 bits per heavy atom. The van der Waals surface area contributed by atoms with Crippen LogP contribution < -0.4 is 0 Å². The predicted molar refractivity (Wildman–Crippen MR) is 147 cm³/mol. The Balaban J connectivity index is 1.82. The number of hydrogen-bond donors (Lipinski definition) is 1. The molecule has 1 heterocycles. The Kier molecular flexibility index (Phi) is 11.6. The molecule has 2 aromatic carbocycles. The second kappa shape index (κ2) is 14.9. The van der Waals surface area contributed by atoms with Gasteiger partial charge in [0.25, 0.3) is 0 Å². The lowest BCUT2D eigenvalue weighted by atomic mass is 9.64. The van der Waals surface area contributed by atoms with E-state index in [-0.39, 0.29) is 17.9 Å². The molecule has 0 saturated carbocycles. The van der Waals surface area contributed by atoms with Crippen LogP contribution in [0.25, 0.3) is 0 Å². The summed E-state index contributed by atoms with van der Waals surface area (Å²) in [5, 5.41) is 20.7. The van der Waals surface area contributed by atoms with Crippen molar-refractivity contribution in [2.75, 3.05) is 6.61 Å². The highest BCUT2D eigenvalue weighted by atomic mass is 16.6. The molecule has 1 aliphatic rings. The first-order valence-electron chi connectivity index (χ1n) is 14.1. The molecule has 4 atom stereocenters. The fourth-order valence-electron chi connectivity index (χ4n) is 6.03. The zero-order chi connectivity index (χ0) is 26.5. The standard InChI is InChI=1S/C32H44N2O3/c1-3-5-19-29(30(35)34-28(25-37-31(34)36)24-27-17-10-7-11-18-27)32(20-4-2,22-23-33)21-13-12-16-26-14-8-6-9-15-26/h6-11,14-15,17-18,28-29,31,36H,3-5,12-13,16,19-22,24-25H2,1-2H3/t28-,29-,31?,32?/m1/s1. The lowest BCUT2D eigenvalue weighted by Crippen LogP contribution is -2.50. The Hall–Kier alpha value is -2.68. The minimum atomic E-state index is -1.23. The van der Waals surface area contributed by atoms with E-state index in [0.29, 0.717) is 19.4 Å². The molecular weight excluding hydrogens is 460 g/mol. The number of hydrogen-bond acceptors (Lipinski definition) is 4. The van der Waals surface area contributed by atoms with Crippen LogP contribution in [0.4, 0.5) is 0 Å². The van der Waals surface area contributed by atoms with Crippen molar-refractivity contribution in [2.24, 2.45) is 11.3 Å². The third kappa shape index (κ3) is 7.90. The van der Waals surface area contributed by atoms with Gasteiger partial charge in [-0.1, -0.05) is 100 Å². The van der Waals surface area contributed by atoms with Crippen molar-refractivity contribution in [3.05, 3.63) is 71.8 Å². The van der Waals surface area contributed by atoms with Crippen LogP contribution >= 0.6 is 0 Å². The monoisotopic (exact) mass is 504 g/mol. The Morgan fingerprint density at radius 3 is 2.32 bits per heavy atom. The molecule has 1 N–H and O–H groups in total. The van der Waals surface area contributed by atoms with Crippen LogP contribution in [0.15, 0.2) is 60.7 Å². The first kappa shape index (κ1) is 28.9. The van der Waals surface area contributed by atoms with Crippen LogP contribution in [0.5, 0.6) is 0 Å². The highest BCUT2D eigenvalue weighted by molar-refractivity contribution is 5.80. The highest BCUT2D eigenvalue weighted by Gasteiger charge is 2.47. The van der Waals surface area contributed by atoms with Gasteiger partial charge in [-0.15, -0.1) is 0 Å². The third-order valence-corrected chi connectivity index (χ3v) is 7.93. The van der Waals surface area contributed by atoms with Crippen molar-refractivity contribution >= 4 is 5.91 Å². The van der Waals surface area contributed by atoms with Crippen LogP contribution in [0, 0.1) is 22.7 Å². The summed E-state index contributed by atoms with van der Waals surface area (Å²) >= 11 is 0. The van der Waals surface area contributed by atoms with Crippen LogP contribution in [0.1, 0.15) is 82.8 Å². The molecule has 2 aromatic rings. The maximum Gasteiger partial charge on any atom is 0.240 e. The summed E-state index contributed by atoms with van der Waals surface area (Å²) in [6.07, 6.45) is 8.01. The van der Waals surface area contributed by atoms with Crippen LogP contribution in [-0.2, 0) is 22.4 Å². The number of aliphatic hydroxyl groups is 1. The van der Waals surface area contributed by atoms with E-state index in [4.69, 9.17) is 4.74 Å². The molecule has 0 bridgehead atoms. The molecule has 1 saturated heterocycles. The fourth-order valence-corrected chi connectivity index (χ4v) is 6.03. The first-order valence-corrected chi connectivity index (χ1v) is 14.1. The van der Waals surface area contributed by atoms with Crippen molar-refractivity contribution in [3.8, 4) is 6.07 Å². The maximum atomic E-state index is 14.3. The molecular formula is C32H44N2O3. The third-order valence-electron chi connectivity index (χ3n) is 7.93. The molecule has 1 amide bonds. The topological polar surface area (TPSA) is 73.6 Å².